The van der Waals surface area contributed by atoms with E-state index in [4.69, 9.17) is 16.3 Å². The molecule has 2 aliphatic rings. The summed E-state index contributed by atoms with van der Waals surface area (Å²) in [6.07, 6.45) is 2.73. The number of ether oxygens (including phenoxy) is 1. The van der Waals surface area contributed by atoms with Crippen LogP contribution in [-0.2, 0) is 9.53 Å². The van der Waals surface area contributed by atoms with E-state index in [1.54, 1.807) is 12.1 Å². The van der Waals surface area contributed by atoms with Crippen LogP contribution in [0.25, 0.3) is 0 Å². The molecule has 118 valence electrons. The van der Waals surface area contributed by atoms with E-state index >= 15 is 0 Å². The van der Waals surface area contributed by atoms with Crippen molar-refractivity contribution in [2.45, 2.75) is 19.3 Å². The molecule has 1 aliphatic heterocycles. The molecule has 1 heterocycles. The number of rotatable bonds is 3. The molecule has 22 heavy (non-hydrogen) atoms. The SMILES string of the molecule is COC(=O)C12CCCC1CN(c1ccc(Cl)cc1[N+](=O)[O-])C2. The predicted octanol–water partition coefficient (Wildman–Crippen LogP) is 3.03. The number of nitrogens with zero attached hydrogens (tertiary/aromatic N) is 2. The first kappa shape index (κ1) is 15.1. The Morgan fingerprint density at radius 3 is 3.00 bits per heavy atom. The summed E-state index contributed by atoms with van der Waals surface area (Å²) >= 11 is 5.87. The minimum Gasteiger partial charge on any atom is -0.469 e. The highest BCUT2D eigenvalue weighted by Gasteiger charge is 2.56. The highest BCUT2D eigenvalue weighted by atomic mass is 35.5. The number of hydrogen-bond donors (Lipinski definition) is 0. The van der Waals surface area contributed by atoms with Gasteiger partial charge in [0.2, 0.25) is 0 Å². The topological polar surface area (TPSA) is 72.7 Å². The summed E-state index contributed by atoms with van der Waals surface area (Å²) in [4.78, 5) is 25.0. The van der Waals surface area contributed by atoms with Crippen LogP contribution in [0.15, 0.2) is 18.2 Å². The zero-order valence-corrected chi connectivity index (χ0v) is 13.0. The average Bonchev–Trinajstić information content (AvgIpc) is 3.04. The number of halogens is 1. The van der Waals surface area contributed by atoms with Crippen LogP contribution in [0.4, 0.5) is 11.4 Å². The summed E-state index contributed by atoms with van der Waals surface area (Å²) in [6.45, 7) is 1.10. The van der Waals surface area contributed by atoms with E-state index in [1.165, 1.54) is 13.2 Å². The van der Waals surface area contributed by atoms with Crippen molar-refractivity contribution in [1.29, 1.82) is 0 Å². The first-order valence-electron chi connectivity index (χ1n) is 7.25. The number of carbonyl (C=O) groups excluding carboxylic acids is 1. The highest BCUT2D eigenvalue weighted by Crippen LogP contribution is 2.51. The summed E-state index contributed by atoms with van der Waals surface area (Å²) in [5.41, 5.74) is -0.0259. The molecule has 0 bridgehead atoms. The molecule has 1 saturated carbocycles. The van der Waals surface area contributed by atoms with Crippen molar-refractivity contribution in [2.24, 2.45) is 11.3 Å². The largest absolute Gasteiger partial charge is 0.469 e. The van der Waals surface area contributed by atoms with E-state index in [0.717, 1.165) is 19.3 Å². The van der Waals surface area contributed by atoms with Crippen LogP contribution in [-0.4, -0.2) is 31.1 Å². The van der Waals surface area contributed by atoms with Crippen molar-refractivity contribution in [2.75, 3.05) is 25.1 Å². The normalized spacial score (nSPS) is 26.8. The van der Waals surface area contributed by atoms with Crippen LogP contribution in [0, 0.1) is 21.4 Å². The minimum absolute atomic E-state index is 0.0208. The minimum atomic E-state index is -0.526. The summed E-state index contributed by atoms with van der Waals surface area (Å²) in [6, 6.07) is 4.66. The van der Waals surface area contributed by atoms with Gasteiger partial charge in [-0.25, -0.2) is 0 Å². The number of benzene rings is 1. The van der Waals surface area contributed by atoms with E-state index in [9.17, 15) is 14.9 Å². The van der Waals surface area contributed by atoms with E-state index < -0.39 is 10.3 Å². The van der Waals surface area contributed by atoms with Crippen molar-refractivity contribution in [3.8, 4) is 0 Å². The number of hydrogen-bond acceptors (Lipinski definition) is 5. The lowest BCUT2D eigenvalue weighted by molar-refractivity contribution is -0.384. The molecule has 3 rings (SSSR count). The second kappa shape index (κ2) is 5.43. The zero-order chi connectivity index (χ0) is 15.9. The van der Waals surface area contributed by atoms with E-state index in [-0.39, 0.29) is 17.6 Å². The monoisotopic (exact) mass is 324 g/mol. The van der Waals surface area contributed by atoms with Gasteiger partial charge in [-0.15, -0.1) is 0 Å². The first-order chi connectivity index (χ1) is 10.5. The lowest BCUT2D eigenvalue weighted by Crippen LogP contribution is -2.37. The molecule has 0 amide bonds. The predicted molar refractivity (Wildman–Crippen MR) is 82.1 cm³/mol. The Morgan fingerprint density at radius 2 is 2.32 bits per heavy atom. The third kappa shape index (κ3) is 2.22. The fraction of sp³-hybridized carbons (Fsp3) is 0.533. The molecule has 0 aromatic heterocycles. The van der Waals surface area contributed by atoms with Crippen LogP contribution >= 0.6 is 11.6 Å². The van der Waals surface area contributed by atoms with E-state index in [1.807, 2.05) is 4.90 Å². The van der Waals surface area contributed by atoms with E-state index in [0.29, 0.717) is 23.8 Å². The molecular formula is C15H17ClN2O4. The second-order valence-electron chi connectivity index (χ2n) is 6.01. The number of fused-ring (bicyclic) bond motifs is 1. The van der Waals surface area contributed by atoms with E-state index in [2.05, 4.69) is 0 Å². The Kier molecular flexibility index (Phi) is 3.72. The highest BCUT2D eigenvalue weighted by molar-refractivity contribution is 6.30. The van der Waals surface area contributed by atoms with Gasteiger partial charge in [-0.2, -0.15) is 0 Å². The summed E-state index contributed by atoms with van der Waals surface area (Å²) in [5, 5.41) is 11.6. The fourth-order valence-electron chi connectivity index (χ4n) is 3.92. The molecule has 7 heteroatoms. The van der Waals surface area contributed by atoms with Crippen LogP contribution < -0.4 is 4.90 Å². The number of esters is 1. The average molecular weight is 325 g/mol. The van der Waals surface area contributed by atoms with Gasteiger partial charge in [0.05, 0.1) is 17.4 Å². The molecule has 1 aromatic rings. The Balaban J connectivity index is 1.96. The maximum absolute atomic E-state index is 12.3. The summed E-state index contributed by atoms with van der Waals surface area (Å²) < 4.78 is 5.00. The maximum atomic E-state index is 12.3. The van der Waals surface area contributed by atoms with Gasteiger partial charge in [0.1, 0.15) is 5.69 Å². The van der Waals surface area contributed by atoms with Crippen LogP contribution in [0.2, 0.25) is 5.02 Å². The third-order valence-corrected chi connectivity index (χ3v) is 5.17. The number of carbonyl (C=O) groups is 1. The van der Waals surface area contributed by atoms with Crippen molar-refractivity contribution in [1.82, 2.24) is 0 Å². The Hall–Kier alpha value is -1.82. The Labute approximate surface area is 133 Å². The number of methoxy groups -OCH3 is 1. The van der Waals surface area contributed by atoms with Crippen molar-refractivity contribution in [3.63, 3.8) is 0 Å². The maximum Gasteiger partial charge on any atom is 0.313 e. The number of anilines is 1. The van der Waals surface area contributed by atoms with Gasteiger partial charge < -0.3 is 9.64 Å². The molecule has 0 N–H and O–H groups in total. The molecular weight excluding hydrogens is 308 g/mol. The molecule has 2 fully saturated rings. The van der Waals surface area contributed by atoms with Gasteiger partial charge in [-0.05, 0) is 30.9 Å². The quantitative estimate of drug-likeness (QED) is 0.485. The summed E-state index contributed by atoms with van der Waals surface area (Å²) in [7, 11) is 1.40. The van der Waals surface area contributed by atoms with Gasteiger partial charge >= 0.3 is 5.97 Å². The molecule has 1 aromatic carbocycles. The number of nitro benzene ring substituents is 1. The lowest BCUT2D eigenvalue weighted by Gasteiger charge is -2.25. The van der Waals surface area contributed by atoms with Gasteiger partial charge in [-0.1, -0.05) is 18.0 Å². The molecule has 1 saturated heterocycles. The zero-order valence-electron chi connectivity index (χ0n) is 12.3. The van der Waals surface area contributed by atoms with Crippen LogP contribution in [0.3, 0.4) is 0 Å². The van der Waals surface area contributed by atoms with Gasteiger partial charge in [0.15, 0.2) is 0 Å². The molecule has 1 aliphatic carbocycles. The summed E-state index contributed by atoms with van der Waals surface area (Å²) in [5.74, 6) is -0.00986. The molecule has 0 radical (unpaired) electrons. The fourth-order valence-corrected chi connectivity index (χ4v) is 4.09. The second-order valence-corrected chi connectivity index (χ2v) is 6.44. The Bertz CT molecular complexity index is 636. The molecule has 6 nitrogen and oxygen atoms in total. The van der Waals surface area contributed by atoms with Gasteiger partial charge in [0, 0.05) is 24.2 Å². The number of nitro groups is 1. The first-order valence-corrected chi connectivity index (χ1v) is 7.63. The van der Waals surface area contributed by atoms with Gasteiger partial charge in [-0.3, -0.25) is 14.9 Å². The molecule has 0 spiro atoms. The van der Waals surface area contributed by atoms with Crippen LogP contribution in [0.5, 0.6) is 0 Å². The van der Waals surface area contributed by atoms with Gasteiger partial charge in [0.25, 0.3) is 5.69 Å². The molecule has 2 unspecified atom stereocenters. The van der Waals surface area contributed by atoms with Crippen molar-refractivity contribution < 1.29 is 14.5 Å². The molecule has 2 atom stereocenters. The lowest BCUT2D eigenvalue weighted by atomic mass is 9.81. The van der Waals surface area contributed by atoms with Crippen LogP contribution in [0.1, 0.15) is 19.3 Å². The standard InChI is InChI=1S/C15H17ClN2O4/c1-22-14(19)15-6-2-3-10(15)8-17(9-15)12-5-4-11(16)7-13(12)18(20)21/h4-5,7,10H,2-3,6,8-9H2,1H3. The third-order valence-electron chi connectivity index (χ3n) is 4.94. The Morgan fingerprint density at radius 1 is 1.55 bits per heavy atom. The van der Waals surface area contributed by atoms with Crippen molar-refractivity contribution in [3.05, 3.63) is 33.3 Å². The smallest absolute Gasteiger partial charge is 0.313 e. The van der Waals surface area contributed by atoms with Crippen molar-refractivity contribution >= 4 is 28.9 Å².